The van der Waals surface area contributed by atoms with Gasteiger partial charge in [-0.15, -0.1) is 0 Å². The van der Waals surface area contributed by atoms with Crippen molar-refractivity contribution in [1.82, 2.24) is 19.9 Å². The van der Waals surface area contributed by atoms with E-state index in [1.54, 1.807) is 0 Å². The van der Waals surface area contributed by atoms with E-state index in [2.05, 4.69) is 19.9 Å². The molecule has 0 aromatic carbocycles. The molecule has 0 radical (unpaired) electrons. The van der Waals surface area contributed by atoms with Crippen molar-refractivity contribution >= 4 is 55.7 Å². The van der Waals surface area contributed by atoms with Crippen LogP contribution >= 0.6 is 0 Å². The first-order chi connectivity index (χ1) is 13.2. The van der Waals surface area contributed by atoms with Crippen LogP contribution in [0.15, 0.2) is 9.59 Å². The highest BCUT2D eigenvalue weighted by Crippen LogP contribution is 2.03. The van der Waals surface area contributed by atoms with E-state index in [1.807, 2.05) is 0 Å². The number of nitrogens with one attached hydrogen (secondary N) is 2. The van der Waals surface area contributed by atoms with Crippen molar-refractivity contribution in [2.24, 2.45) is 0 Å². The van der Waals surface area contributed by atoms with Crippen LogP contribution < -0.4 is 45.5 Å². The average Bonchev–Trinajstić information content (AvgIpc) is 2.47. The quantitative estimate of drug-likeness (QED) is 0.159. The van der Waals surface area contributed by atoms with Crippen LogP contribution in [0.5, 0.6) is 0 Å². The van der Waals surface area contributed by atoms with E-state index in [4.69, 9.17) is 69.4 Å². The van der Waals surface area contributed by atoms with E-state index in [-0.39, 0.29) is 34.9 Å². The summed E-state index contributed by atoms with van der Waals surface area (Å²) in [5.41, 5.74) is 29.7. The molecule has 2 aromatic rings. The Morgan fingerprint density at radius 1 is 0.600 bits per heavy atom. The normalized spacial score (nSPS) is 10.3. The van der Waals surface area contributed by atoms with Crippen molar-refractivity contribution in [3.05, 3.63) is 20.7 Å². The number of nitrogens with two attached hydrogens (primary N) is 6. The van der Waals surface area contributed by atoms with Crippen LogP contribution in [-0.2, 0) is 20.8 Å². The first kappa shape index (κ1) is 28.5. The van der Waals surface area contributed by atoms with E-state index in [0.717, 1.165) is 0 Å². The number of hydrogen-bond acceptors (Lipinski definition) is 14. The Hall–Kier alpha value is -3.70. The molecule has 2 rings (SSSR count). The third-order valence-electron chi connectivity index (χ3n) is 2.01. The van der Waals surface area contributed by atoms with Crippen molar-refractivity contribution < 1.29 is 35.0 Å². The number of anilines is 6. The van der Waals surface area contributed by atoms with Crippen LogP contribution in [0.1, 0.15) is 0 Å². The van der Waals surface area contributed by atoms with E-state index in [0.29, 0.717) is 0 Å². The highest BCUT2D eigenvalue weighted by atomic mass is 32.3. The highest BCUT2D eigenvalue weighted by Gasteiger charge is 2.01. The van der Waals surface area contributed by atoms with Crippen LogP contribution in [-0.4, -0.2) is 55.0 Å². The Morgan fingerprint density at radius 3 is 0.967 bits per heavy atom. The summed E-state index contributed by atoms with van der Waals surface area (Å²) in [4.78, 5) is 32.7. The van der Waals surface area contributed by atoms with Crippen molar-refractivity contribution in [2.75, 3.05) is 34.4 Å². The smallest absolute Gasteiger partial charge is 0.391 e. The van der Waals surface area contributed by atoms with Crippen molar-refractivity contribution in [2.45, 2.75) is 0 Å². The summed E-state index contributed by atoms with van der Waals surface area (Å²) >= 11 is 0. The van der Waals surface area contributed by atoms with Gasteiger partial charge in [0.15, 0.2) is 11.6 Å². The molecular formula is C8H18N10O10S2. The Labute approximate surface area is 166 Å². The molecule has 30 heavy (non-hydrogen) atoms. The number of nitrogens with zero attached hydrogens (tertiary/aromatic N) is 2. The highest BCUT2D eigenvalue weighted by molar-refractivity contribution is 7.80. The third kappa shape index (κ3) is 16.5. The van der Waals surface area contributed by atoms with Gasteiger partial charge < -0.3 is 34.4 Å². The van der Waals surface area contributed by atoms with Crippen LogP contribution in [0.3, 0.4) is 0 Å². The van der Waals surface area contributed by atoms with Gasteiger partial charge in [0.05, 0.1) is 0 Å². The second-order valence-corrected chi connectivity index (χ2v) is 6.19. The lowest BCUT2D eigenvalue weighted by atomic mass is 10.5. The summed E-state index contributed by atoms with van der Waals surface area (Å²) in [5, 5.41) is 0. The molecule has 22 heteroatoms. The molecule has 2 aromatic heterocycles. The molecule has 0 saturated carbocycles. The molecule has 172 valence electrons. The molecule has 0 unspecified atom stereocenters. The molecule has 0 fully saturated rings. The third-order valence-corrected chi connectivity index (χ3v) is 2.01. The molecule has 0 aliphatic carbocycles. The van der Waals surface area contributed by atoms with Gasteiger partial charge in [-0.05, 0) is 0 Å². The van der Waals surface area contributed by atoms with E-state index < -0.39 is 31.9 Å². The minimum absolute atomic E-state index is 0.0308. The zero-order valence-electron chi connectivity index (χ0n) is 14.4. The van der Waals surface area contributed by atoms with Gasteiger partial charge in [0.25, 0.3) is 11.1 Å². The summed E-state index contributed by atoms with van der Waals surface area (Å²) in [6, 6.07) is 0. The summed E-state index contributed by atoms with van der Waals surface area (Å²) in [6.07, 6.45) is 0. The van der Waals surface area contributed by atoms with Gasteiger partial charge in [-0.25, -0.2) is 0 Å². The second kappa shape index (κ2) is 11.3. The lowest BCUT2D eigenvalue weighted by Crippen LogP contribution is -2.17. The number of nitrogen functional groups attached to an aromatic ring is 6. The number of rotatable bonds is 0. The molecule has 0 aliphatic heterocycles. The van der Waals surface area contributed by atoms with E-state index in [1.165, 1.54) is 0 Å². The Balaban J connectivity index is 0. The first-order valence-electron chi connectivity index (χ1n) is 6.43. The molecule has 0 atom stereocenters. The number of H-pyrrole nitrogens is 2. The molecule has 0 saturated heterocycles. The zero-order chi connectivity index (χ0) is 24.4. The fourth-order valence-corrected chi connectivity index (χ4v) is 1.04. The maximum Gasteiger partial charge on any atom is 0.394 e. The topological polar surface area (TPSA) is 397 Å². The number of aromatic nitrogens is 4. The molecule has 0 spiro atoms. The van der Waals surface area contributed by atoms with Gasteiger partial charge >= 0.3 is 20.8 Å². The molecule has 0 amide bonds. The Kier molecular flexibility index (Phi) is 10.8. The van der Waals surface area contributed by atoms with Gasteiger partial charge in [-0.1, -0.05) is 0 Å². The molecule has 2 heterocycles. The maximum absolute atomic E-state index is 10.7. The van der Waals surface area contributed by atoms with E-state index in [9.17, 15) is 9.59 Å². The lowest BCUT2D eigenvalue weighted by Gasteiger charge is -1.96. The van der Waals surface area contributed by atoms with Crippen molar-refractivity contribution in [3.8, 4) is 0 Å². The Morgan fingerprint density at radius 2 is 0.800 bits per heavy atom. The van der Waals surface area contributed by atoms with E-state index >= 15 is 0 Å². The lowest BCUT2D eigenvalue weighted by molar-refractivity contribution is 0.378. The number of hydrogen-bond donors (Lipinski definition) is 12. The van der Waals surface area contributed by atoms with Gasteiger partial charge in [-0.2, -0.15) is 26.8 Å². The second-order valence-electron chi connectivity index (χ2n) is 4.40. The van der Waals surface area contributed by atoms with Gasteiger partial charge in [0.2, 0.25) is 11.9 Å². The fourth-order valence-electron chi connectivity index (χ4n) is 1.04. The predicted octanol–water partition coefficient (Wildman–Crippen LogP) is -4.27. The van der Waals surface area contributed by atoms with Gasteiger partial charge in [-0.3, -0.25) is 37.8 Å². The van der Waals surface area contributed by atoms with Crippen LogP contribution in [0.25, 0.3) is 0 Å². The molecule has 18 N–H and O–H groups in total. The van der Waals surface area contributed by atoms with Crippen molar-refractivity contribution in [3.63, 3.8) is 0 Å². The van der Waals surface area contributed by atoms with Crippen LogP contribution in [0.4, 0.5) is 34.9 Å². The largest absolute Gasteiger partial charge is 0.394 e. The Bertz CT molecular complexity index is 1060. The minimum atomic E-state index is -4.67. The molecule has 0 bridgehead atoms. The number of aromatic amines is 2. The van der Waals surface area contributed by atoms with Crippen LogP contribution in [0, 0.1) is 0 Å². The summed E-state index contributed by atoms with van der Waals surface area (Å²) in [5.74, 6) is -0.143. The average molecular weight is 478 g/mol. The van der Waals surface area contributed by atoms with Gasteiger partial charge in [0, 0.05) is 0 Å². The first-order valence-corrected chi connectivity index (χ1v) is 9.23. The SMILES string of the molecule is Nc1nc(N)c(N)c(=O)[nH]1.Nc1nc(N)c(N)c(=O)[nH]1.O=S(=O)(O)O.O=S(=O)(O)O. The van der Waals surface area contributed by atoms with Crippen LogP contribution in [0.2, 0.25) is 0 Å². The summed E-state index contributed by atoms with van der Waals surface area (Å²) < 4.78 is 63.2. The fraction of sp³-hybridized carbons (Fsp3) is 0. The summed E-state index contributed by atoms with van der Waals surface area (Å²) in [6.45, 7) is 0. The standard InChI is InChI=1S/2C4H7N5O.2H2O4S/c2*5-1-2(6)8-4(7)9-3(1)10;2*1-5(2,3)4/h2*5H2,(H5,6,7,8,9,10);2*(H2,1,2,3,4). The summed E-state index contributed by atoms with van der Waals surface area (Å²) in [7, 11) is -9.33. The molecule has 0 aliphatic rings. The zero-order valence-corrected chi connectivity index (χ0v) is 16.0. The van der Waals surface area contributed by atoms with Gasteiger partial charge in [0.1, 0.15) is 11.4 Å². The monoisotopic (exact) mass is 478 g/mol. The molecule has 20 nitrogen and oxygen atoms in total. The van der Waals surface area contributed by atoms with Crippen molar-refractivity contribution in [1.29, 1.82) is 0 Å². The predicted molar refractivity (Wildman–Crippen MR) is 105 cm³/mol. The molecular weight excluding hydrogens is 460 g/mol. The maximum atomic E-state index is 10.7. The minimum Gasteiger partial charge on any atom is -0.391 e.